The lowest BCUT2D eigenvalue weighted by Gasteiger charge is -2.41. The minimum absolute atomic E-state index is 0.0235. The van der Waals surface area contributed by atoms with Crippen LogP contribution in [-0.2, 0) is 4.79 Å². The van der Waals surface area contributed by atoms with E-state index in [4.69, 9.17) is 0 Å². The largest absolute Gasteiger partial charge is 0.303 e. The average Bonchev–Trinajstić information content (AvgIpc) is 2.66. The fourth-order valence-electron chi connectivity index (χ4n) is 3.96. The van der Waals surface area contributed by atoms with Gasteiger partial charge in [-0.1, -0.05) is 26.7 Å². The van der Waals surface area contributed by atoms with E-state index in [1.54, 1.807) is 0 Å². The molecular weight excluding hydrogens is 234 g/mol. The Hall–Kier alpha value is -0.370. The molecule has 0 aromatic carbocycles. The molecule has 1 heterocycles. The lowest BCUT2D eigenvalue weighted by Crippen LogP contribution is -2.45. The second-order valence-electron chi connectivity index (χ2n) is 7.04. The van der Waals surface area contributed by atoms with Crippen LogP contribution in [0.3, 0.4) is 0 Å². The zero-order valence-corrected chi connectivity index (χ0v) is 12.9. The molecule has 0 spiro atoms. The third-order valence-electron chi connectivity index (χ3n) is 5.51. The normalized spacial score (nSPS) is 37.8. The summed E-state index contributed by atoms with van der Waals surface area (Å²) < 4.78 is 0. The van der Waals surface area contributed by atoms with E-state index in [1.165, 1.54) is 57.8 Å². The summed E-state index contributed by atoms with van der Waals surface area (Å²) in [6.07, 6.45) is 12.7. The van der Waals surface area contributed by atoms with E-state index in [0.717, 1.165) is 31.3 Å². The minimum atomic E-state index is -0.0235. The molecule has 1 atom stereocenters. The molecule has 2 aliphatic rings. The van der Waals surface area contributed by atoms with Crippen LogP contribution in [0.2, 0.25) is 0 Å². The van der Waals surface area contributed by atoms with Crippen LogP contribution in [0.25, 0.3) is 0 Å². The molecular formula is C17H31NO. The molecule has 0 aromatic heterocycles. The highest BCUT2D eigenvalue weighted by Gasteiger charge is 2.37. The maximum atomic E-state index is 11.7. The molecule has 2 heteroatoms. The first-order valence-electron chi connectivity index (χ1n) is 8.39. The summed E-state index contributed by atoms with van der Waals surface area (Å²) in [6, 6.07) is 0.721. The van der Waals surface area contributed by atoms with Gasteiger partial charge in [-0.05, 0) is 57.4 Å². The lowest BCUT2D eigenvalue weighted by atomic mass is 9.71. The fourth-order valence-corrected chi connectivity index (χ4v) is 3.96. The zero-order valence-electron chi connectivity index (χ0n) is 12.9. The quantitative estimate of drug-likeness (QED) is 0.715. The Balaban J connectivity index is 2.01. The molecule has 110 valence electrons. The van der Waals surface area contributed by atoms with Gasteiger partial charge in [0.25, 0.3) is 0 Å². The summed E-state index contributed by atoms with van der Waals surface area (Å²) in [5, 5.41) is 0. The number of carbonyl (C=O) groups excluding carboxylic acids is 1. The van der Waals surface area contributed by atoms with Crippen molar-refractivity contribution in [3.8, 4) is 0 Å². The Bertz CT molecular complexity index is 281. The minimum Gasteiger partial charge on any atom is -0.303 e. The number of rotatable bonds is 4. The summed E-state index contributed by atoms with van der Waals surface area (Å²) in [4.78, 5) is 14.4. The smallest absolute Gasteiger partial charge is 0.127 e. The van der Waals surface area contributed by atoms with Crippen LogP contribution in [-0.4, -0.2) is 30.3 Å². The highest BCUT2D eigenvalue weighted by molar-refractivity contribution is 5.60. The van der Waals surface area contributed by atoms with Crippen LogP contribution in [0.15, 0.2) is 0 Å². The first kappa shape index (κ1) is 15.0. The SMILES string of the molecule is CCC1CCCCCN1CC1(C=O)CCC(C)CC1. The molecule has 1 aliphatic carbocycles. The number of hydrogen-bond donors (Lipinski definition) is 0. The van der Waals surface area contributed by atoms with Crippen molar-refractivity contribution in [1.29, 1.82) is 0 Å². The molecule has 1 aliphatic heterocycles. The van der Waals surface area contributed by atoms with E-state index in [1.807, 2.05) is 0 Å². The van der Waals surface area contributed by atoms with Crippen LogP contribution in [0.5, 0.6) is 0 Å². The predicted octanol–water partition coefficient (Wildman–Crippen LogP) is 4.04. The van der Waals surface area contributed by atoms with E-state index >= 15 is 0 Å². The van der Waals surface area contributed by atoms with E-state index in [9.17, 15) is 4.79 Å². The number of nitrogens with zero attached hydrogens (tertiary/aromatic N) is 1. The predicted molar refractivity (Wildman–Crippen MR) is 80.2 cm³/mol. The Morgan fingerprint density at radius 1 is 1.16 bits per heavy atom. The van der Waals surface area contributed by atoms with Crippen molar-refractivity contribution >= 4 is 6.29 Å². The molecule has 0 amide bonds. The van der Waals surface area contributed by atoms with Crippen LogP contribution >= 0.6 is 0 Å². The van der Waals surface area contributed by atoms with Gasteiger partial charge in [0.05, 0.1) is 0 Å². The van der Waals surface area contributed by atoms with Gasteiger partial charge in [0.15, 0.2) is 0 Å². The van der Waals surface area contributed by atoms with Crippen molar-refractivity contribution in [3.05, 3.63) is 0 Å². The standard InChI is InChI=1S/C17H31NO/c1-3-16-7-5-4-6-12-18(16)13-17(14-19)10-8-15(2)9-11-17/h14-16H,3-13H2,1-2H3. The number of likely N-dealkylation sites (tertiary alicyclic amines) is 1. The van der Waals surface area contributed by atoms with Crippen molar-refractivity contribution < 1.29 is 4.79 Å². The Kier molecular flexibility index (Phi) is 5.44. The van der Waals surface area contributed by atoms with Gasteiger partial charge in [0, 0.05) is 18.0 Å². The molecule has 1 saturated carbocycles. The van der Waals surface area contributed by atoms with Crippen LogP contribution in [0.4, 0.5) is 0 Å². The van der Waals surface area contributed by atoms with Crippen LogP contribution in [0, 0.1) is 11.3 Å². The Morgan fingerprint density at radius 2 is 1.89 bits per heavy atom. The molecule has 0 radical (unpaired) electrons. The van der Waals surface area contributed by atoms with Gasteiger partial charge in [0.2, 0.25) is 0 Å². The number of carbonyl (C=O) groups is 1. The van der Waals surface area contributed by atoms with Crippen molar-refractivity contribution in [2.45, 2.75) is 77.7 Å². The first-order chi connectivity index (χ1) is 9.19. The summed E-state index contributed by atoms with van der Waals surface area (Å²) >= 11 is 0. The molecule has 2 nitrogen and oxygen atoms in total. The maximum Gasteiger partial charge on any atom is 0.127 e. The third kappa shape index (κ3) is 3.81. The summed E-state index contributed by atoms with van der Waals surface area (Å²) in [7, 11) is 0. The second kappa shape index (κ2) is 6.88. The number of hydrogen-bond acceptors (Lipinski definition) is 2. The average molecular weight is 265 g/mol. The van der Waals surface area contributed by atoms with Crippen molar-refractivity contribution in [3.63, 3.8) is 0 Å². The van der Waals surface area contributed by atoms with Gasteiger partial charge < -0.3 is 4.79 Å². The van der Waals surface area contributed by atoms with Crippen LogP contribution < -0.4 is 0 Å². The van der Waals surface area contributed by atoms with E-state index in [0.29, 0.717) is 0 Å². The van der Waals surface area contributed by atoms with Crippen molar-refractivity contribution in [1.82, 2.24) is 4.90 Å². The molecule has 2 rings (SSSR count). The molecule has 19 heavy (non-hydrogen) atoms. The van der Waals surface area contributed by atoms with Gasteiger partial charge in [0.1, 0.15) is 6.29 Å². The summed E-state index contributed by atoms with van der Waals surface area (Å²) in [5.74, 6) is 0.819. The van der Waals surface area contributed by atoms with Gasteiger partial charge in [-0.15, -0.1) is 0 Å². The third-order valence-corrected chi connectivity index (χ3v) is 5.51. The molecule has 0 aromatic rings. The highest BCUT2D eigenvalue weighted by atomic mass is 16.1. The molecule has 1 unspecified atom stereocenters. The van der Waals surface area contributed by atoms with E-state index < -0.39 is 0 Å². The van der Waals surface area contributed by atoms with Crippen molar-refractivity contribution in [2.24, 2.45) is 11.3 Å². The number of aldehydes is 1. The summed E-state index contributed by atoms with van der Waals surface area (Å²) in [5.41, 5.74) is -0.0235. The first-order valence-corrected chi connectivity index (χ1v) is 8.39. The molecule has 1 saturated heterocycles. The topological polar surface area (TPSA) is 20.3 Å². The van der Waals surface area contributed by atoms with Gasteiger partial charge in [-0.2, -0.15) is 0 Å². The van der Waals surface area contributed by atoms with Gasteiger partial charge in [-0.3, -0.25) is 4.90 Å². The van der Waals surface area contributed by atoms with Gasteiger partial charge in [-0.25, -0.2) is 0 Å². The summed E-state index contributed by atoms with van der Waals surface area (Å²) in [6.45, 7) is 6.88. The molecule has 0 bridgehead atoms. The molecule has 0 N–H and O–H groups in total. The van der Waals surface area contributed by atoms with E-state index in [-0.39, 0.29) is 5.41 Å². The van der Waals surface area contributed by atoms with E-state index in [2.05, 4.69) is 18.7 Å². The van der Waals surface area contributed by atoms with Crippen molar-refractivity contribution in [2.75, 3.05) is 13.1 Å². The van der Waals surface area contributed by atoms with Gasteiger partial charge >= 0.3 is 0 Å². The highest BCUT2D eigenvalue weighted by Crippen LogP contribution is 2.39. The monoisotopic (exact) mass is 265 g/mol. The molecule has 2 fully saturated rings. The fraction of sp³-hybridized carbons (Fsp3) is 0.941. The lowest BCUT2D eigenvalue weighted by molar-refractivity contribution is -0.120. The Morgan fingerprint density at radius 3 is 2.53 bits per heavy atom. The van der Waals surface area contributed by atoms with Crippen LogP contribution in [0.1, 0.15) is 71.6 Å². The maximum absolute atomic E-state index is 11.7. The zero-order chi connectivity index (χ0) is 13.7. The Labute approximate surface area is 118 Å². The second-order valence-corrected chi connectivity index (χ2v) is 7.04.